The number of benzene rings is 3. The maximum atomic E-state index is 13.4. The molecule has 0 radical (unpaired) electrons. The Kier molecular flexibility index (Phi) is 5.98. The topological polar surface area (TPSA) is 75.7 Å². The van der Waals surface area contributed by atoms with Crippen molar-refractivity contribution in [1.29, 1.82) is 0 Å². The number of ether oxygens (including phenoxy) is 1. The van der Waals surface area contributed by atoms with Gasteiger partial charge in [0.15, 0.2) is 0 Å². The molecule has 162 valence electrons. The van der Waals surface area contributed by atoms with E-state index in [9.17, 15) is 18.8 Å². The van der Waals surface area contributed by atoms with Gasteiger partial charge in [-0.05, 0) is 54.4 Å². The molecule has 3 aromatic rings. The number of nitrogens with one attached hydrogen (secondary N) is 1. The molecule has 0 atom stereocenters. The van der Waals surface area contributed by atoms with Gasteiger partial charge in [0, 0.05) is 6.54 Å². The van der Waals surface area contributed by atoms with Gasteiger partial charge in [-0.2, -0.15) is 0 Å². The normalized spacial score (nSPS) is 12.6. The fraction of sp³-hybridized carbons (Fsp3) is 0.160. The number of rotatable bonds is 7. The number of hydrogen-bond acceptors (Lipinski definition) is 4. The fourth-order valence-corrected chi connectivity index (χ4v) is 3.62. The van der Waals surface area contributed by atoms with E-state index in [1.807, 2.05) is 0 Å². The molecule has 0 saturated carbocycles. The van der Waals surface area contributed by atoms with Crippen LogP contribution in [0.15, 0.2) is 66.7 Å². The van der Waals surface area contributed by atoms with Crippen LogP contribution in [0.2, 0.25) is 0 Å². The van der Waals surface area contributed by atoms with Gasteiger partial charge in [-0.25, -0.2) is 4.39 Å². The van der Waals surface area contributed by atoms with Crippen LogP contribution in [0.5, 0.6) is 5.75 Å². The molecule has 4 rings (SSSR count). The van der Waals surface area contributed by atoms with E-state index in [1.165, 1.54) is 12.1 Å². The van der Waals surface area contributed by atoms with E-state index < -0.39 is 5.91 Å². The summed E-state index contributed by atoms with van der Waals surface area (Å²) in [6, 6.07) is 17.6. The number of halogens is 1. The Morgan fingerprint density at radius 3 is 2.31 bits per heavy atom. The SMILES string of the molecule is CCOc1ccc(CN2C(=O)c3ccccc3C2=O)cc1C(=O)NCc1cccc(F)c1. The molecule has 1 N–H and O–H groups in total. The number of hydrogen-bond donors (Lipinski definition) is 1. The highest BCUT2D eigenvalue weighted by atomic mass is 19.1. The van der Waals surface area contributed by atoms with Gasteiger partial charge in [-0.15, -0.1) is 0 Å². The van der Waals surface area contributed by atoms with Crippen molar-refractivity contribution in [3.63, 3.8) is 0 Å². The standard InChI is InChI=1S/C25H21FN2O4/c1-2-32-22-11-10-17(15-28-24(30)19-8-3-4-9-20(19)25(28)31)13-21(22)23(29)27-14-16-6-5-7-18(26)12-16/h3-13H,2,14-15H2,1H3,(H,27,29). The van der Waals surface area contributed by atoms with Crippen molar-refractivity contribution in [1.82, 2.24) is 10.2 Å². The first-order chi connectivity index (χ1) is 15.5. The van der Waals surface area contributed by atoms with Crippen molar-refractivity contribution in [2.75, 3.05) is 6.61 Å². The smallest absolute Gasteiger partial charge is 0.261 e. The molecule has 0 aliphatic carbocycles. The second-order valence-electron chi connectivity index (χ2n) is 7.32. The van der Waals surface area contributed by atoms with E-state index in [0.29, 0.717) is 34.6 Å². The van der Waals surface area contributed by atoms with Crippen LogP contribution < -0.4 is 10.1 Å². The lowest BCUT2D eigenvalue weighted by molar-refractivity contribution is 0.0642. The number of nitrogens with zero attached hydrogens (tertiary/aromatic N) is 1. The number of imide groups is 1. The van der Waals surface area contributed by atoms with Gasteiger partial charge in [0.2, 0.25) is 0 Å². The van der Waals surface area contributed by atoms with E-state index in [1.54, 1.807) is 61.5 Å². The molecule has 0 unspecified atom stereocenters. The van der Waals surface area contributed by atoms with Crippen LogP contribution in [0.1, 0.15) is 49.1 Å². The van der Waals surface area contributed by atoms with E-state index in [0.717, 1.165) is 4.90 Å². The summed E-state index contributed by atoms with van der Waals surface area (Å²) in [7, 11) is 0. The number of fused-ring (bicyclic) bond motifs is 1. The molecule has 7 heteroatoms. The molecular formula is C25H21FN2O4. The summed E-state index contributed by atoms with van der Waals surface area (Å²) >= 11 is 0. The highest BCUT2D eigenvalue weighted by molar-refractivity contribution is 6.21. The average Bonchev–Trinajstić information content (AvgIpc) is 3.04. The van der Waals surface area contributed by atoms with Crippen LogP contribution in [-0.4, -0.2) is 29.2 Å². The minimum atomic E-state index is -0.401. The Hall–Kier alpha value is -4.00. The zero-order valence-electron chi connectivity index (χ0n) is 17.4. The number of amides is 3. The zero-order chi connectivity index (χ0) is 22.7. The third-order valence-corrected chi connectivity index (χ3v) is 5.15. The van der Waals surface area contributed by atoms with E-state index in [2.05, 4.69) is 5.32 Å². The number of carbonyl (C=O) groups is 3. The monoisotopic (exact) mass is 432 g/mol. The third kappa shape index (κ3) is 4.23. The highest BCUT2D eigenvalue weighted by Crippen LogP contribution is 2.26. The van der Waals surface area contributed by atoms with Crippen LogP contribution >= 0.6 is 0 Å². The second kappa shape index (κ2) is 9.01. The van der Waals surface area contributed by atoms with Crippen molar-refractivity contribution < 1.29 is 23.5 Å². The predicted molar refractivity (Wildman–Crippen MR) is 116 cm³/mol. The Bertz CT molecular complexity index is 1170. The lowest BCUT2D eigenvalue weighted by atomic mass is 10.1. The Morgan fingerprint density at radius 2 is 1.66 bits per heavy atom. The second-order valence-corrected chi connectivity index (χ2v) is 7.32. The van der Waals surface area contributed by atoms with Crippen molar-refractivity contribution in [2.24, 2.45) is 0 Å². The Balaban J connectivity index is 1.55. The Morgan fingerprint density at radius 1 is 0.938 bits per heavy atom. The van der Waals surface area contributed by atoms with Crippen molar-refractivity contribution >= 4 is 17.7 Å². The summed E-state index contributed by atoms with van der Waals surface area (Å²) in [6.07, 6.45) is 0. The molecule has 0 bridgehead atoms. The van der Waals surface area contributed by atoms with Gasteiger partial charge in [-0.3, -0.25) is 19.3 Å². The van der Waals surface area contributed by atoms with Crippen LogP contribution in [0.25, 0.3) is 0 Å². The molecule has 0 aromatic heterocycles. The number of carbonyl (C=O) groups excluding carboxylic acids is 3. The molecule has 1 aliphatic rings. The summed E-state index contributed by atoms with van der Waals surface area (Å²) in [5.41, 5.74) is 2.25. The highest BCUT2D eigenvalue weighted by Gasteiger charge is 2.35. The molecule has 3 amide bonds. The lowest BCUT2D eigenvalue weighted by Crippen LogP contribution is -2.29. The first kappa shape index (κ1) is 21.2. The Labute approximate surface area is 184 Å². The van der Waals surface area contributed by atoms with Crippen LogP contribution in [0, 0.1) is 5.82 Å². The summed E-state index contributed by atoms with van der Waals surface area (Å²) in [5, 5.41) is 2.76. The molecule has 1 aliphatic heterocycles. The van der Waals surface area contributed by atoms with Crippen LogP contribution in [0.4, 0.5) is 4.39 Å². The summed E-state index contributed by atoms with van der Waals surface area (Å²) < 4.78 is 19.0. The maximum Gasteiger partial charge on any atom is 0.261 e. The zero-order valence-corrected chi connectivity index (χ0v) is 17.4. The largest absolute Gasteiger partial charge is 0.493 e. The molecule has 6 nitrogen and oxygen atoms in total. The molecule has 32 heavy (non-hydrogen) atoms. The molecule has 0 spiro atoms. The minimum Gasteiger partial charge on any atom is -0.493 e. The van der Waals surface area contributed by atoms with E-state index in [-0.39, 0.29) is 36.3 Å². The molecule has 0 saturated heterocycles. The van der Waals surface area contributed by atoms with Gasteiger partial charge >= 0.3 is 0 Å². The van der Waals surface area contributed by atoms with Crippen molar-refractivity contribution in [3.05, 3.63) is 100 Å². The van der Waals surface area contributed by atoms with Crippen LogP contribution in [-0.2, 0) is 13.1 Å². The maximum absolute atomic E-state index is 13.4. The van der Waals surface area contributed by atoms with Gasteiger partial charge < -0.3 is 10.1 Å². The molecular weight excluding hydrogens is 411 g/mol. The molecule has 0 fully saturated rings. The minimum absolute atomic E-state index is 0.0307. The quantitative estimate of drug-likeness (QED) is 0.574. The van der Waals surface area contributed by atoms with Gasteiger partial charge in [0.25, 0.3) is 17.7 Å². The van der Waals surface area contributed by atoms with Gasteiger partial charge in [0.1, 0.15) is 11.6 Å². The van der Waals surface area contributed by atoms with Gasteiger partial charge in [0.05, 0.1) is 29.8 Å². The molecule has 3 aromatic carbocycles. The van der Waals surface area contributed by atoms with Gasteiger partial charge in [-0.1, -0.05) is 30.3 Å². The van der Waals surface area contributed by atoms with Crippen molar-refractivity contribution in [2.45, 2.75) is 20.0 Å². The average molecular weight is 432 g/mol. The first-order valence-electron chi connectivity index (χ1n) is 10.2. The lowest BCUT2D eigenvalue weighted by Gasteiger charge is -2.16. The fourth-order valence-electron chi connectivity index (χ4n) is 3.62. The summed E-state index contributed by atoms with van der Waals surface area (Å²) in [4.78, 5) is 39.3. The summed E-state index contributed by atoms with van der Waals surface area (Å²) in [5.74, 6) is -1.12. The van der Waals surface area contributed by atoms with E-state index >= 15 is 0 Å². The predicted octanol–water partition coefficient (Wildman–Crippen LogP) is 3.95. The van der Waals surface area contributed by atoms with E-state index in [4.69, 9.17) is 4.74 Å². The molecule has 1 heterocycles. The van der Waals surface area contributed by atoms with Crippen molar-refractivity contribution in [3.8, 4) is 5.75 Å². The third-order valence-electron chi connectivity index (χ3n) is 5.15. The summed E-state index contributed by atoms with van der Waals surface area (Å²) in [6.45, 7) is 2.34. The van der Waals surface area contributed by atoms with Crippen LogP contribution in [0.3, 0.4) is 0 Å². The first-order valence-corrected chi connectivity index (χ1v) is 10.2.